The third-order valence-electron chi connectivity index (χ3n) is 5.09. The second kappa shape index (κ2) is 11.7. The van der Waals surface area contributed by atoms with Gasteiger partial charge in [-0.05, 0) is 50.1 Å². The van der Waals surface area contributed by atoms with E-state index in [1.54, 1.807) is 0 Å². The first-order chi connectivity index (χ1) is 16.0. The van der Waals surface area contributed by atoms with Crippen LogP contribution in [0.2, 0.25) is 0 Å². The van der Waals surface area contributed by atoms with Gasteiger partial charge in [0.1, 0.15) is 5.75 Å². The van der Waals surface area contributed by atoms with Gasteiger partial charge >= 0.3 is 5.97 Å². The van der Waals surface area contributed by atoms with Crippen molar-refractivity contribution < 1.29 is 42.1 Å². The number of carboxylic acid groups (broad SMARTS) is 1. The quantitative estimate of drug-likeness (QED) is 0.315. The number of hydrogen-bond acceptors (Lipinski definition) is 7. The molecule has 0 aliphatic heterocycles. The molecule has 2 aromatic rings. The van der Waals surface area contributed by atoms with Crippen LogP contribution in [0.4, 0.5) is 4.39 Å². The van der Waals surface area contributed by atoms with E-state index in [9.17, 15) is 32.3 Å². The summed E-state index contributed by atoms with van der Waals surface area (Å²) in [5, 5.41) is 19.0. The van der Waals surface area contributed by atoms with Gasteiger partial charge in [0.2, 0.25) is 0 Å². The topological polar surface area (TPSA) is 135 Å². The number of phenolic OH excluding ortho intramolecular Hbond substituents is 1. The average molecular weight is 495 g/mol. The number of halogens is 1. The van der Waals surface area contributed by atoms with Crippen LogP contribution in [-0.2, 0) is 21.1 Å². The maximum Gasteiger partial charge on any atom is 0.303 e. The summed E-state index contributed by atoms with van der Waals surface area (Å²) >= 11 is 0. The molecule has 10 heteroatoms. The fraction of sp³-hybridized carbons (Fsp3) is 0.375. The summed E-state index contributed by atoms with van der Waals surface area (Å²) in [5.41, 5.74) is 0.280. The molecule has 2 aromatic carbocycles. The Bertz CT molecular complexity index is 1190. The number of ketones is 2. The SMILES string of the molecule is CCCc1c(S(=O)(=O)CCCOc2ccc(C(=O)CCC(=O)O)cc2F)ccc(C(C)=O)c1O. The van der Waals surface area contributed by atoms with Gasteiger partial charge in [-0.1, -0.05) is 13.3 Å². The van der Waals surface area contributed by atoms with Crippen molar-refractivity contribution in [3.05, 3.63) is 52.8 Å². The van der Waals surface area contributed by atoms with Gasteiger partial charge < -0.3 is 14.9 Å². The molecule has 34 heavy (non-hydrogen) atoms. The number of sulfone groups is 1. The van der Waals surface area contributed by atoms with E-state index in [1.165, 1.54) is 31.2 Å². The lowest BCUT2D eigenvalue weighted by Crippen LogP contribution is -2.14. The van der Waals surface area contributed by atoms with Crippen molar-refractivity contribution in [2.75, 3.05) is 12.4 Å². The molecular formula is C24H27FO8S. The van der Waals surface area contributed by atoms with E-state index in [-0.39, 0.29) is 76.9 Å². The molecule has 0 fully saturated rings. The van der Waals surface area contributed by atoms with Crippen molar-refractivity contribution in [1.29, 1.82) is 0 Å². The number of benzene rings is 2. The maximum atomic E-state index is 14.3. The zero-order chi connectivity index (χ0) is 25.5. The molecule has 0 atom stereocenters. The Kier molecular flexibility index (Phi) is 9.31. The van der Waals surface area contributed by atoms with Crippen molar-refractivity contribution in [1.82, 2.24) is 0 Å². The van der Waals surface area contributed by atoms with E-state index in [4.69, 9.17) is 9.84 Å². The van der Waals surface area contributed by atoms with Crippen molar-refractivity contribution in [3.63, 3.8) is 0 Å². The first-order valence-electron chi connectivity index (χ1n) is 10.7. The Morgan fingerprint density at radius 1 is 1.09 bits per heavy atom. The van der Waals surface area contributed by atoms with Crippen LogP contribution < -0.4 is 4.74 Å². The fourth-order valence-corrected chi connectivity index (χ4v) is 4.95. The standard InChI is InChI=1S/C24H27FO8S/c1-3-5-18-22(10-7-17(15(2)26)24(18)30)34(31,32)13-4-12-33-21-9-6-16(14-19(21)25)20(27)8-11-23(28)29/h6-7,9-10,14,30H,3-5,8,11-13H2,1-2H3,(H,28,29). The normalized spacial score (nSPS) is 11.3. The molecule has 184 valence electrons. The molecule has 0 saturated heterocycles. The lowest BCUT2D eigenvalue weighted by molar-refractivity contribution is -0.136. The number of phenols is 1. The number of aromatic hydroxyl groups is 1. The van der Waals surface area contributed by atoms with Crippen LogP contribution in [0, 0.1) is 5.82 Å². The number of hydrogen-bond donors (Lipinski definition) is 2. The Morgan fingerprint density at radius 2 is 1.79 bits per heavy atom. The van der Waals surface area contributed by atoms with Crippen molar-refractivity contribution in [2.45, 2.75) is 50.8 Å². The smallest absolute Gasteiger partial charge is 0.303 e. The molecule has 0 unspecified atom stereocenters. The van der Waals surface area contributed by atoms with Crippen LogP contribution in [0.3, 0.4) is 0 Å². The Hall–Kier alpha value is -3.27. The highest BCUT2D eigenvalue weighted by Gasteiger charge is 2.23. The Labute approximate surface area is 197 Å². The summed E-state index contributed by atoms with van der Waals surface area (Å²) < 4.78 is 45.3. The van der Waals surface area contributed by atoms with Crippen molar-refractivity contribution in [2.24, 2.45) is 0 Å². The van der Waals surface area contributed by atoms with Crippen molar-refractivity contribution in [3.8, 4) is 11.5 Å². The molecule has 0 aliphatic rings. The Morgan fingerprint density at radius 3 is 2.38 bits per heavy atom. The van der Waals surface area contributed by atoms with E-state index in [2.05, 4.69) is 0 Å². The van der Waals surface area contributed by atoms with Gasteiger partial charge in [0, 0.05) is 17.5 Å². The summed E-state index contributed by atoms with van der Waals surface area (Å²) in [4.78, 5) is 34.1. The van der Waals surface area contributed by atoms with Gasteiger partial charge in [-0.2, -0.15) is 0 Å². The fourth-order valence-electron chi connectivity index (χ4n) is 3.38. The second-order valence-electron chi connectivity index (χ2n) is 7.73. The molecule has 2 rings (SSSR count). The number of rotatable bonds is 13. The number of ether oxygens (including phenoxy) is 1. The Balaban J connectivity index is 2.04. The molecule has 2 N–H and O–H groups in total. The predicted molar refractivity (Wildman–Crippen MR) is 122 cm³/mol. The minimum Gasteiger partial charge on any atom is -0.507 e. The summed E-state index contributed by atoms with van der Waals surface area (Å²) in [6, 6.07) is 6.10. The van der Waals surface area contributed by atoms with Crippen LogP contribution in [-0.4, -0.2) is 48.5 Å². The number of aliphatic carboxylic acids is 1. The molecule has 0 spiro atoms. The monoisotopic (exact) mass is 494 g/mol. The highest BCUT2D eigenvalue weighted by molar-refractivity contribution is 7.91. The lowest BCUT2D eigenvalue weighted by atomic mass is 10.0. The third-order valence-corrected chi connectivity index (χ3v) is 6.97. The molecule has 0 amide bonds. The zero-order valence-electron chi connectivity index (χ0n) is 19.0. The second-order valence-corrected chi connectivity index (χ2v) is 9.81. The molecular weight excluding hydrogens is 467 g/mol. The average Bonchev–Trinajstić information content (AvgIpc) is 2.76. The molecule has 0 radical (unpaired) electrons. The largest absolute Gasteiger partial charge is 0.507 e. The van der Waals surface area contributed by atoms with Crippen molar-refractivity contribution >= 4 is 27.4 Å². The molecule has 0 aromatic heterocycles. The number of carbonyl (C=O) groups excluding carboxylic acids is 2. The van der Waals surface area contributed by atoms with Gasteiger partial charge in [0.25, 0.3) is 0 Å². The highest BCUT2D eigenvalue weighted by atomic mass is 32.2. The molecule has 0 heterocycles. The minimum absolute atomic E-state index is 0.0194. The number of Topliss-reactive ketones (excluding diaryl/α,β-unsaturated/α-hetero) is 2. The number of carboxylic acids is 1. The third kappa shape index (κ3) is 6.86. The number of carbonyl (C=O) groups is 3. The van der Waals surface area contributed by atoms with E-state index in [1.807, 2.05) is 6.92 Å². The zero-order valence-corrected chi connectivity index (χ0v) is 19.8. The highest BCUT2D eigenvalue weighted by Crippen LogP contribution is 2.31. The van der Waals surface area contributed by atoms with E-state index in [0.717, 1.165) is 6.07 Å². The van der Waals surface area contributed by atoms with Gasteiger partial charge in [-0.3, -0.25) is 14.4 Å². The van der Waals surface area contributed by atoms with Crippen LogP contribution in [0.1, 0.15) is 65.8 Å². The predicted octanol–water partition coefficient (Wildman–Crippen LogP) is 3.98. The van der Waals surface area contributed by atoms with E-state index >= 15 is 0 Å². The van der Waals surface area contributed by atoms with Crippen LogP contribution in [0.5, 0.6) is 11.5 Å². The summed E-state index contributed by atoms with van der Waals surface area (Å²) in [6.45, 7) is 2.99. The van der Waals surface area contributed by atoms with E-state index < -0.39 is 27.4 Å². The van der Waals surface area contributed by atoms with E-state index in [0.29, 0.717) is 6.42 Å². The molecule has 0 aliphatic carbocycles. The minimum atomic E-state index is -3.81. The van der Waals surface area contributed by atoms with Gasteiger partial charge in [-0.25, -0.2) is 12.8 Å². The summed E-state index contributed by atoms with van der Waals surface area (Å²) in [7, 11) is -3.81. The van der Waals surface area contributed by atoms with Gasteiger partial charge in [-0.15, -0.1) is 0 Å². The molecule has 0 bridgehead atoms. The van der Waals surface area contributed by atoms with Crippen LogP contribution >= 0.6 is 0 Å². The molecule has 8 nitrogen and oxygen atoms in total. The van der Waals surface area contributed by atoms with Crippen LogP contribution in [0.25, 0.3) is 0 Å². The maximum absolute atomic E-state index is 14.3. The lowest BCUT2D eigenvalue weighted by Gasteiger charge is -2.14. The van der Waals surface area contributed by atoms with Crippen LogP contribution in [0.15, 0.2) is 35.2 Å². The molecule has 0 saturated carbocycles. The first kappa shape index (κ1) is 27.0. The first-order valence-corrected chi connectivity index (χ1v) is 12.4. The summed E-state index contributed by atoms with van der Waals surface area (Å²) in [5.74, 6) is -3.65. The van der Waals surface area contributed by atoms with Gasteiger partial charge in [0.15, 0.2) is 33.0 Å². The van der Waals surface area contributed by atoms with Gasteiger partial charge in [0.05, 0.1) is 29.2 Å². The summed E-state index contributed by atoms with van der Waals surface area (Å²) in [6.07, 6.45) is 0.259.